The van der Waals surface area contributed by atoms with Crippen molar-refractivity contribution in [2.45, 2.75) is 138 Å². The van der Waals surface area contributed by atoms with Crippen molar-refractivity contribution in [2.24, 2.45) is 17.6 Å². The Morgan fingerprint density at radius 1 is 0.667 bits per heavy atom. The number of benzene rings is 3. The highest BCUT2D eigenvalue weighted by Crippen LogP contribution is 2.33. The Labute approximate surface area is 507 Å². The molecule has 22 nitrogen and oxygen atoms in total. The largest absolute Gasteiger partial charge is 0.379 e. The summed E-state index contributed by atoms with van der Waals surface area (Å²) in [6.45, 7) is 1.30. The maximum Gasteiger partial charge on any atom is 0.315 e. The number of ketones is 3. The Kier molecular flexibility index (Phi) is 23.2. The van der Waals surface area contributed by atoms with E-state index in [1.807, 2.05) is 60.3 Å². The number of aromatic nitrogens is 5. The molecule has 0 aliphatic carbocycles. The molecule has 464 valence electrons. The number of ether oxygens (including phenoxy) is 3. The average molecular weight is 1220 g/mol. The number of thioether (sulfide) groups is 1. The van der Waals surface area contributed by atoms with E-state index in [-0.39, 0.29) is 94.6 Å². The van der Waals surface area contributed by atoms with Gasteiger partial charge in [-0.3, -0.25) is 38.2 Å². The van der Waals surface area contributed by atoms with Crippen LogP contribution in [0.3, 0.4) is 0 Å². The van der Waals surface area contributed by atoms with Crippen LogP contribution in [0.4, 0.5) is 9.18 Å². The van der Waals surface area contributed by atoms with E-state index in [1.165, 1.54) is 24.3 Å². The number of para-hydroxylation sites is 2. The number of rotatable bonds is 26. The van der Waals surface area contributed by atoms with Gasteiger partial charge in [-0.25, -0.2) is 9.18 Å². The minimum absolute atomic E-state index is 0.00881. The SMILES string of the molecule is NC(=O)[C@@H]1CCCCn2cc(nn2)C[C@H](CC(=O)COCCOCCOCCCC(=O)CCCC[C@@H]2SC[C@@H]3NC(=O)N[C@@H]32)C(=O)N[C@H](Cc2c[nH]c3ccccc23)C(=O)C[C@H](Cc2c[nH]c3ccccc23)C(=O)N[C@@H](Cc2ccc(F)cc2)C(=O)N1. The van der Waals surface area contributed by atoms with Gasteiger partial charge in [0.1, 0.15) is 30.3 Å². The number of halogens is 1. The lowest BCUT2D eigenvalue weighted by Crippen LogP contribution is -2.55. The lowest BCUT2D eigenvalue weighted by molar-refractivity contribution is -0.135. The van der Waals surface area contributed by atoms with Crippen LogP contribution in [0.25, 0.3) is 21.8 Å². The van der Waals surface area contributed by atoms with E-state index >= 15 is 4.79 Å². The molecule has 24 heteroatoms. The second kappa shape index (κ2) is 31.7. The molecule has 6 aromatic rings. The zero-order valence-electron chi connectivity index (χ0n) is 48.7. The van der Waals surface area contributed by atoms with Crippen LogP contribution in [0, 0.1) is 17.7 Å². The van der Waals surface area contributed by atoms with Crippen molar-refractivity contribution in [1.29, 1.82) is 0 Å². The second-order valence-corrected chi connectivity index (χ2v) is 24.1. The molecule has 6 amide bonds. The number of H-pyrrole nitrogens is 2. The molecule has 2 saturated heterocycles. The molecule has 2 fully saturated rings. The number of fused-ring (bicyclic) bond motifs is 5. The van der Waals surface area contributed by atoms with E-state index in [4.69, 9.17) is 19.9 Å². The molecule has 87 heavy (non-hydrogen) atoms. The zero-order valence-corrected chi connectivity index (χ0v) is 49.6. The quantitative estimate of drug-likeness (QED) is 0.0261. The van der Waals surface area contributed by atoms with Crippen LogP contribution in [0.5, 0.6) is 0 Å². The van der Waals surface area contributed by atoms with Crippen molar-refractivity contribution >= 4 is 80.6 Å². The van der Waals surface area contributed by atoms with Gasteiger partial charge in [0, 0.05) is 115 Å². The van der Waals surface area contributed by atoms with E-state index in [9.17, 15) is 38.0 Å². The molecule has 9 rings (SSSR count). The van der Waals surface area contributed by atoms with E-state index in [0.717, 1.165) is 52.4 Å². The fourth-order valence-corrected chi connectivity index (χ4v) is 13.2. The van der Waals surface area contributed by atoms with Crippen molar-refractivity contribution in [1.82, 2.24) is 51.5 Å². The Hall–Kier alpha value is -7.80. The molecule has 3 aromatic carbocycles. The summed E-state index contributed by atoms with van der Waals surface area (Å²) in [5, 5.41) is 25.2. The number of aryl methyl sites for hydroxylation is 1. The third-order valence-electron chi connectivity index (χ3n) is 16.3. The number of nitrogens with two attached hydrogens (primary N) is 1. The van der Waals surface area contributed by atoms with Gasteiger partial charge in [0.2, 0.25) is 23.6 Å². The monoisotopic (exact) mass is 1220 g/mol. The van der Waals surface area contributed by atoms with E-state index in [0.29, 0.717) is 73.9 Å². The molecule has 6 heterocycles. The minimum Gasteiger partial charge on any atom is -0.379 e. The third kappa shape index (κ3) is 18.6. The zero-order chi connectivity index (χ0) is 61.1. The van der Waals surface area contributed by atoms with Crippen LogP contribution < -0.4 is 32.3 Å². The Bertz CT molecular complexity index is 3330. The summed E-state index contributed by atoms with van der Waals surface area (Å²) in [4.78, 5) is 117. The molecular formula is C63H78FN11O11S. The van der Waals surface area contributed by atoms with Gasteiger partial charge in [-0.15, -0.1) is 5.10 Å². The van der Waals surface area contributed by atoms with Crippen molar-refractivity contribution in [3.8, 4) is 0 Å². The molecule has 3 aromatic heterocycles. The predicted molar refractivity (Wildman–Crippen MR) is 324 cm³/mol. The summed E-state index contributed by atoms with van der Waals surface area (Å²) in [6.07, 6.45) is 9.80. The summed E-state index contributed by atoms with van der Waals surface area (Å²) in [7, 11) is 0. The van der Waals surface area contributed by atoms with Crippen LogP contribution in [0.2, 0.25) is 0 Å². The van der Waals surface area contributed by atoms with Crippen molar-refractivity contribution in [2.75, 3.05) is 45.4 Å². The van der Waals surface area contributed by atoms with Gasteiger partial charge in [-0.2, -0.15) is 11.8 Å². The second-order valence-electron chi connectivity index (χ2n) is 22.8. The van der Waals surface area contributed by atoms with Crippen LogP contribution in [0.1, 0.15) is 93.0 Å². The Morgan fingerprint density at radius 3 is 2.07 bits per heavy atom. The van der Waals surface area contributed by atoms with Gasteiger partial charge in [0.25, 0.3) is 0 Å². The van der Waals surface area contributed by atoms with Gasteiger partial charge in [-0.05, 0) is 85.9 Å². The molecule has 0 saturated carbocycles. The minimum atomic E-state index is -1.30. The summed E-state index contributed by atoms with van der Waals surface area (Å²) in [5.74, 6) is -5.17. The molecule has 0 radical (unpaired) electrons. The summed E-state index contributed by atoms with van der Waals surface area (Å²) in [5.41, 5.74) is 9.80. The predicted octanol–water partition coefficient (Wildman–Crippen LogP) is 5.05. The number of carbonyl (C=O) groups excluding carboxylic acids is 8. The number of amides is 6. The molecule has 3 aliphatic heterocycles. The van der Waals surface area contributed by atoms with Gasteiger partial charge >= 0.3 is 6.03 Å². The number of unbranched alkanes of at least 4 members (excludes halogenated alkanes) is 1. The Morgan fingerprint density at radius 2 is 1.33 bits per heavy atom. The summed E-state index contributed by atoms with van der Waals surface area (Å²) < 4.78 is 32.8. The van der Waals surface area contributed by atoms with Crippen LogP contribution in [-0.2, 0) is 80.0 Å². The molecule has 2 bridgehead atoms. The van der Waals surface area contributed by atoms with Crippen molar-refractivity contribution < 1.29 is 57.0 Å². The van der Waals surface area contributed by atoms with Crippen LogP contribution >= 0.6 is 11.8 Å². The summed E-state index contributed by atoms with van der Waals surface area (Å²) in [6, 6.07) is 17.1. The number of hydrogen-bond donors (Lipinski definition) is 8. The highest BCUT2D eigenvalue weighted by atomic mass is 32.2. The third-order valence-corrected chi connectivity index (χ3v) is 17.8. The number of urea groups is 1. The number of nitrogens with zero attached hydrogens (tertiary/aromatic N) is 3. The van der Waals surface area contributed by atoms with Gasteiger partial charge in [0.15, 0.2) is 11.6 Å². The fraction of sp³-hybridized carbons (Fsp3) is 0.492. The molecule has 8 atom stereocenters. The number of carbonyl (C=O) groups is 8. The number of aromatic amines is 2. The first-order valence-electron chi connectivity index (χ1n) is 30.1. The molecule has 0 unspecified atom stereocenters. The topological polar surface area (TPSA) is 313 Å². The highest BCUT2D eigenvalue weighted by Gasteiger charge is 2.42. The van der Waals surface area contributed by atoms with Gasteiger partial charge < -0.3 is 56.5 Å². The van der Waals surface area contributed by atoms with E-state index in [1.54, 1.807) is 23.3 Å². The summed E-state index contributed by atoms with van der Waals surface area (Å²) >= 11 is 1.88. The maximum absolute atomic E-state index is 15.2. The fourth-order valence-electron chi connectivity index (χ4n) is 11.6. The molecule has 3 aliphatic rings. The Balaban J connectivity index is 0.844. The van der Waals surface area contributed by atoms with E-state index < -0.39 is 71.6 Å². The van der Waals surface area contributed by atoms with Crippen LogP contribution in [-0.4, -0.2) is 153 Å². The standard InChI is InChI=1S/C63H78FN11O11S/c64-44-20-18-39(19-21-44)28-54-62(82)68-52(59(65)79)16-7-8-22-75-36-45(73-74-75)30-41(31-47(77)37-86-27-26-85-25-24-84-23-9-11-46(76)10-1-6-17-57-58-55(38-87-57)71-63(83)72-58)61(81)69-53(32-43-35-67-51-15-5-3-13-49(43)51)56(78)33-40(60(80)70-54)29-42-34-66-50-14-4-2-12-48(42)50/h2-5,12-15,18-21,34-36,40-41,52-55,57-58,66-67H,1,6-11,16-17,22-33,37-38H2,(H2,65,79)(H,68,82)(H,69,81)(H,70,80)(H2,71,72,83)/t40-,41+,52-,53+,54-,55-,57-,58-/m0/s1. The molecule has 9 N–H and O–H groups in total. The molecular weight excluding hydrogens is 1140 g/mol. The lowest BCUT2D eigenvalue weighted by Gasteiger charge is -2.26. The number of nitrogens with one attached hydrogen (secondary N) is 7. The molecule has 0 spiro atoms. The van der Waals surface area contributed by atoms with Gasteiger partial charge in [-0.1, -0.05) is 60.2 Å². The number of hydrogen-bond acceptors (Lipinski definition) is 14. The maximum atomic E-state index is 15.2. The van der Waals surface area contributed by atoms with Crippen molar-refractivity contribution in [3.63, 3.8) is 0 Å². The highest BCUT2D eigenvalue weighted by molar-refractivity contribution is 8.00. The number of primary amides is 1. The normalized spacial score (nSPS) is 22.4. The first-order valence-corrected chi connectivity index (χ1v) is 31.2. The van der Waals surface area contributed by atoms with Crippen LogP contribution in [0.15, 0.2) is 91.4 Å². The average Bonchev–Trinajstić information content (AvgIpc) is 2.51. The lowest BCUT2D eigenvalue weighted by atomic mass is 9.88. The first-order chi connectivity index (χ1) is 42.2. The van der Waals surface area contributed by atoms with E-state index in [2.05, 4.69) is 46.9 Å². The van der Waals surface area contributed by atoms with Crippen molar-refractivity contribution in [3.05, 3.63) is 120 Å². The smallest absolute Gasteiger partial charge is 0.315 e. The number of Topliss-reactive ketones (excluding diaryl/α,β-unsaturated/α-hetero) is 3. The van der Waals surface area contributed by atoms with Gasteiger partial charge in [0.05, 0.1) is 56.2 Å². The first kappa shape index (κ1) is 63.7.